The van der Waals surface area contributed by atoms with Gasteiger partial charge in [0.1, 0.15) is 0 Å². The van der Waals surface area contributed by atoms with Gasteiger partial charge < -0.3 is 5.32 Å². The fourth-order valence-corrected chi connectivity index (χ4v) is 2.32. The lowest BCUT2D eigenvalue weighted by Gasteiger charge is -2.22. The quantitative estimate of drug-likeness (QED) is 0.765. The van der Waals surface area contributed by atoms with E-state index in [1.807, 2.05) is 0 Å². The van der Waals surface area contributed by atoms with E-state index in [1.54, 1.807) is 0 Å². The maximum absolute atomic E-state index is 4.66. The van der Waals surface area contributed by atoms with E-state index in [2.05, 4.69) is 55.8 Å². The highest BCUT2D eigenvalue weighted by Gasteiger charge is 2.18. The fourth-order valence-electron chi connectivity index (χ4n) is 2.32. The number of hydrogen-bond donors (Lipinski definition) is 1. The Kier molecular flexibility index (Phi) is 6.41. The van der Waals surface area contributed by atoms with Gasteiger partial charge in [-0.05, 0) is 38.3 Å². The molecule has 0 aromatic carbocycles. The number of nitrogens with one attached hydrogen (secondary N) is 1. The molecule has 104 valence electrons. The van der Waals surface area contributed by atoms with Crippen LogP contribution in [0, 0.1) is 5.92 Å². The summed E-state index contributed by atoms with van der Waals surface area (Å²) in [6.45, 7) is 13.1. The van der Waals surface area contributed by atoms with Crippen molar-refractivity contribution in [2.24, 2.45) is 5.92 Å². The van der Waals surface area contributed by atoms with Gasteiger partial charge in [0.2, 0.25) is 0 Å². The van der Waals surface area contributed by atoms with Crippen molar-refractivity contribution < 1.29 is 0 Å². The van der Waals surface area contributed by atoms with Gasteiger partial charge in [-0.25, -0.2) is 0 Å². The molecular weight excluding hydrogens is 222 g/mol. The molecule has 0 amide bonds. The van der Waals surface area contributed by atoms with Crippen LogP contribution in [0.2, 0.25) is 0 Å². The third kappa shape index (κ3) is 3.84. The number of rotatable bonds is 8. The van der Waals surface area contributed by atoms with Crippen LogP contribution in [-0.4, -0.2) is 16.3 Å². The zero-order valence-electron chi connectivity index (χ0n) is 12.7. The molecule has 1 aromatic heterocycles. The van der Waals surface area contributed by atoms with Crippen molar-refractivity contribution in [2.75, 3.05) is 6.54 Å². The zero-order valence-corrected chi connectivity index (χ0v) is 12.7. The van der Waals surface area contributed by atoms with Gasteiger partial charge in [-0.15, -0.1) is 0 Å². The van der Waals surface area contributed by atoms with E-state index >= 15 is 0 Å². The molecule has 0 saturated heterocycles. The minimum atomic E-state index is 0.442. The summed E-state index contributed by atoms with van der Waals surface area (Å²) in [5.41, 5.74) is 2.57. The monoisotopic (exact) mass is 251 g/mol. The van der Waals surface area contributed by atoms with E-state index in [0.29, 0.717) is 6.04 Å². The lowest BCUT2D eigenvalue weighted by Crippen LogP contribution is -2.25. The highest BCUT2D eigenvalue weighted by molar-refractivity contribution is 5.14. The highest BCUT2D eigenvalue weighted by atomic mass is 15.3. The van der Waals surface area contributed by atoms with Gasteiger partial charge in [-0.2, -0.15) is 5.10 Å². The molecule has 1 heterocycles. The summed E-state index contributed by atoms with van der Waals surface area (Å²) in [7, 11) is 0. The Morgan fingerprint density at radius 2 is 2.00 bits per heavy atom. The van der Waals surface area contributed by atoms with E-state index in [1.165, 1.54) is 24.2 Å². The highest BCUT2D eigenvalue weighted by Crippen LogP contribution is 2.24. The Morgan fingerprint density at radius 3 is 2.50 bits per heavy atom. The van der Waals surface area contributed by atoms with E-state index in [4.69, 9.17) is 0 Å². The normalized spacial score (nSPS) is 14.7. The van der Waals surface area contributed by atoms with Crippen LogP contribution in [0.15, 0.2) is 6.07 Å². The lowest BCUT2D eigenvalue weighted by molar-refractivity contribution is 0.387. The predicted octanol–water partition coefficient (Wildman–Crippen LogP) is 3.55. The van der Waals surface area contributed by atoms with Crippen LogP contribution < -0.4 is 5.32 Å². The first kappa shape index (κ1) is 15.2. The molecule has 0 aliphatic carbocycles. The van der Waals surface area contributed by atoms with Crippen molar-refractivity contribution in [3.63, 3.8) is 0 Å². The minimum Gasteiger partial charge on any atom is -0.309 e. The second-order valence-corrected chi connectivity index (χ2v) is 5.09. The van der Waals surface area contributed by atoms with Gasteiger partial charge in [0, 0.05) is 12.6 Å². The molecule has 0 spiro atoms. The first-order valence-electron chi connectivity index (χ1n) is 7.46. The molecule has 18 heavy (non-hydrogen) atoms. The Balaban J connectivity index is 2.92. The average molecular weight is 251 g/mol. The summed E-state index contributed by atoms with van der Waals surface area (Å²) in [6.07, 6.45) is 3.45. The van der Waals surface area contributed by atoms with Crippen molar-refractivity contribution in [3.05, 3.63) is 17.5 Å². The third-order valence-corrected chi connectivity index (χ3v) is 3.67. The Morgan fingerprint density at radius 1 is 1.28 bits per heavy atom. The molecule has 0 radical (unpaired) electrons. The molecule has 0 aliphatic rings. The first-order chi connectivity index (χ1) is 8.65. The molecule has 0 aliphatic heterocycles. The van der Waals surface area contributed by atoms with Crippen molar-refractivity contribution in [1.82, 2.24) is 15.1 Å². The largest absolute Gasteiger partial charge is 0.309 e. The smallest absolute Gasteiger partial charge is 0.0625 e. The minimum absolute atomic E-state index is 0.442. The fraction of sp³-hybridized carbons (Fsp3) is 0.800. The molecule has 3 heteroatoms. The average Bonchev–Trinajstić information content (AvgIpc) is 2.81. The summed E-state index contributed by atoms with van der Waals surface area (Å²) in [4.78, 5) is 0. The van der Waals surface area contributed by atoms with Crippen LogP contribution in [0.1, 0.15) is 64.9 Å². The molecule has 0 bridgehead atoms. The first-order valence-corrected chi connectivity index (χ1v) is 7.46. The van der Waals surface area contributed by atoms with Gasteiger partial charge in [0.15, 0.2) is 0 Å². The number of nitrogens with zero attached hydrogens (tertiary/aromatic N) is 2. The number of aryl methyl sites for hydroxylation is 2. The molecule has 1 rings (SSSR count). The van der Waals surface area contributed by atoms with Gasteiger partial charge >= 0.3 is 0 Å². The lowest BCUT2D eigenvalue weighted by atomic mass is 9.97. The second-order valence-electron chi connectivity index (χ2n) is 5.09. The van der Waals surface area contributed by atoms with Crippen LogP contribution in [0.25, 0.3) is 0 Å². The second kappa shape index (κ2) is 7.57. The number of hydrogen-bond acceptors (Lipinski definition) is 2. The Hall–Kier alpha value is -0.830. The van der Waals surface area contributed by atoms with Crippen molar-refractivity contribution >= 4 is 0 Å². The zero-order chi connectivity index (χ0) is 13.5. The standard InChI is InChI=1S/C15H29N3/c1-6-12(5)10-14(16-8-3)15-11-13(7-2)17-18(15)9-4/h11-12,14,16H,6-10H2,1-5H3. The van der Waals surface area contributed by atoms with Gasteiger partial charge in [0.25, 0.3) is 0 Å². The summed E-state index contributed by atoms with van der Waals surface area (Å²) in [5.74, 6) is 0.749. The van der Waals surface area contributed by atoms with Crippen LogP contribution in [0.5, 0.6) is 0 Å². The summed E-state index contributed by atoms with van der Waals surface area (Å²) in [5, 5.41) is 8.28. The molecule has 2 unspecified atom stereocenters. The van der Waals surface area contributed by atoms with Crippen LogP contribution in [-0.2, 0) is 13.0 Å². The van der Waals surface area contributed by atoms with Crippen molar-refractivity contribution in [3.8, 4) is 0 Å². The Labute approximate surface area is 112 Å². The van der Waals surface area contributed by atoms with Crippen LogP contribution >= 0.6 is 0 Å². The number of aromatic nitrogens is 2. The van der Waals surface area contributed by atoms with E-state index in [-0.39, 0.29) is 0 Å². The predicted molar refractivity (Wildman–Crippen MR) is 77.8 cm³/mol. The summed E-state index contributed by atoms with van der Waals surface area (Å²) in [6, 6.07) is 2.72. The van der Waals surface area contributed by atoms with E-state index in [9.17, 15) is 0 Å². The molecule has 1 aromatic rings. The molecule has 0 fully saturated rings. The van der Waals surface area contributed by atoms with Gasteiger partial charge in [0.05, 0.1) is 11.4 Å². The maximum Gasteiger partial charge on any atom is 0.0625 e. The molecular formula is C15H29N3. The molecule has 2 atom stereocenters. The summed E-state index contributed by atoms with van der Waals surface area (Å²) >= 11 is 0. The van der Waals surface area contributed by atoms with Gasteiger partial charge in [-0.1, -0.05) is 34.1 Å². The van der Waals surface area contributed by atoms with Crippen molar-refractivity contribution in [2.45, 2.75) is 66.5 Å². The van der Waals surface area contributed by atoms with E-state index in [0.717, 1.165) is 25.4 Å². The molecule has 1 N–H and O–H groups in total. The summed E-state index contributed by atoms with van der Waals surface area (Å²) < 4.78 is 2.16. The van der Waals surface area contributed by atoms with Crippen LogP contribution in [0.3, 0.4) is 0 Å². The molecule has 0 saturated carbocycles. The van der Waals surface area contributed by atoms with Crippen LogP contribution in [0.4, 0.5) is 0 Å². The van der Waals surface area contributed by atoms with E-state index < -0.39 is 0 Å². The van der Waals surface area contributed by atoms with Crippen molar-refractivity contribution in [1.29, 1.82) is 0 Å². The molecule has 3 nitrogen and oxygen atoms in total. The maximum atomic E-state index is 4.66. The SMILES string of the molecule is CCNC(CC(C)CC)c1cc(CC)nn1CC. The Bertz CT molecular complexity index is 344. The third-order valence-electron chi connectivity index (χ3n) is 3.67. The van der Waals surface area contributed by atoms with Gasteiger partial charge in [-0.3, -0.25) is 4.68 Å². The topological polar surface area (TPSA) is 29.9 Å².